The summed E-state index contributed by atoms with van der Waals surface area (Å²) >= 11 is 0. The second kappa shape index (κ2) is 11.0. The summed E-state index contributed by atoms with van der Waals surface area (Å²) in [6.45, 7) is 11.4. The number of rotatable bonds is 6. The zero-order valence-corrected chi connectivity index (χ0v) is 16.7. The van der Waals surface area contributed by atoms with Gasteiger partial charge in [0.1, 0.15) is 0 Å². The van der Waals surface area contributed by atoms with Gasteiger partial charge in [0.25, 0.3) is 0 Å². The molecule has 0 aliphatic carbocycles. The monoisotopic (exact) mass is 331 g/mol. The smallest absolute Gasteiger partial charge is 0.0384 e. The number of allylic oxidation sites excluding steroid dienone is 2. The number of hydrogen-bond acceptors (Lipinski definition) is 3. The number of aryl methyl sites for hydroxylation is 1. The summed E-state index contributed by atoms with van der Waals surface area (Å²) in [5.74, 6) is 0. The van der Waals surface area contributed by atoms with Crippen LogP contribution in [0, 0.1) is 17.7 Å². The molecule has 1 aromatic carbocycles. The van der Waals surface area contributed by atoms with Crippen molar-refractivity contribution >= 4 is 5.71 Å². The van der Waals surface area contributed by atoms with E-state index >= 15 is 0 Å². The van der Waals surface area contributed by atoms with Crippen LogP contribution in [0.5, 0.6) is 0 Å². The molecule has 0 atom stereocenters. The van der Waals surface area contributed by atoms with Crippen LogP contribution in [0.2, 0.25) is 0 Å². The summed E-state index contributed by atoms with van der Waals surface area (Å²) in [5, 5.41) is 7.75. The summed E-state index contributed by atoms with van der Waals surface area (Å²) in [5.41, 5.74) is 9.86. The van der Waals surface area contributed by atoms with Crippen molar-refractivity contribution in [1.82, 2.24) is 4.90 Å². The molecule has 0 aromatic heterocycles. The Kier molecular flexibility index (Phi) is 10.3. The first-order chi connectivity index (χ1) is 11.1. The minimum Gasteiger partial charge on any atom is -0.402 e. The SMILES string of the molecule is CCCC/C(N)=C\C(=N)C(C)(C)C.Cc1cccc(CN(C)C)c1. The third-order valence-corrected chi connectivity index (χ3v) is 3.54. The van der Waals surface area contributed by atoms with Crippen LogP contribution in [0.25, 0.3) is 0 Å². The molecule has 0 radical (unpaired) electrons. The highest BCUT2D eigenvalue weighted by Gasteiger charge is 2.14. The largest absolute Gasteiger partial charge is 0.402 e. The summed E-state index contributed by atoms with van der Waals surface area (Å²) in [6, 6.07) is 8.61. The Morgan fingerprint density at radius 3 is 2.33 bits per heavy atom. The van der Waals surface area contributed by atoms with Crippen molar-refractivity contribution in [2.24, 2.45) is 11.1 Å². The third-order valence-electron chi connectivity index (χ3n) is 3.54. The Bertz CT molecular complexity index is 522. The van der Waals surface area contributed by atoms with Crippen LogP contribution >= 0.6 is 0 Å². The number of nitrogens with two attached hydrogens (primary N) is 1. The normalized spacial score (nSPS) is 11.9. The van der Waals surface area contributed by atoms with Crippen molar-refractivity contribution in [1.29, 1.82) is 5.41 Å². The lowest BCUT2D eigenvalue weighted by Gasteiger charge is -2.17. The van der Waals surface area contributed by atoms with Crippen molar-refractivity contribution in [3.05, 3.63) is 47.2 Å². The highest BCUT2D eigenvalue weighted by atomic mass is 15.0. The van der Waals surface area contributed by atoms with Gasteiger partial charge in [-0.1, -0.05) is 63.9 Å². The number of hydrogen-bond donors (Lipinski definition) is 2. The Morgan fingerprint density at radius 1 is 1.25 bits per heavy atom. The maximum atomic E-state index is 7.75. The second-order valence-electron chi connectivity index (χ2n) is 7.71. The lowest BCUT2D eigenvalue weighted by atomic mass is 9.89. The van der Waals surface area contributed by atoms with Gasteiger partial charge >= 0.3 is 0 Å². The van der Waals surface area contributed by atoms with Crippen LogP contribution in [-0.2, 0) is 6.54 Å². The molecule has 0 amide bonds. The molecule has 0 bridgehead atoms. The van der Waals surface area contributed by atoms with Crippen LogP contribution in [-0.4, -0.2) is 24.7 Å². The molecule has 0 saturated carbocycles. The molecule has 3 N–H and O–H groups in total. The predicted octanol–water partition coefficient (Wildman–Crippen LogP) is 5.14. The average molecular weight is 332 g/mol. The van der Waals surface area contributed by atoms with E-state index < -0.39 is 0 Å². The van der Waals surface area contributed by atoms with Crippen molar-refractivity contribution in [2.45, 2.75) is 60.4 Å². The van der Waals surface area contributed by atoms with Crippen LogP contribution < -0.4 is 5.73 Å². The Hall–Kier alpha value is -1.61. The molecule has 3 heteroatoms. The van der Waals surface area contributed by atoms with E-state index in [2.05, 4.69) is 57.1 Å². The average Bonchev–Trinajstić information content (AvgIpc) is 2.44. The maximum Gasteiger partial charge on any atom is 0.0384 e. The van der Waals surface area contributed by atoms with Crippen LogP contribution in [0.4, 0.5) is 0 Å². The van der Waals surface area contributed by atoms with Crippen LogP contribution in [0.3, 0.4) is 0 Å². The minimum absolute atomic E-state index is 0.0865. The van der Waals surface area contributed by atoms with E-state index in [4.69, 9.17) is 11.1 Å². The molecular formula is C21H37N3. The topological polar surface area (TPSA) is 53.1 Å². The lowest BCUT2D eigenvalue weighted by molar-refractivity contribution is 0.402. The number of unbranched alkanes of at least 4 members (excludes halogenated alkanes) is 1. The maximum absolute atomic E-state index is 7.75. The molecule has 0 aliphatic rings. The summed E-state index contributed by atoms with van der Waals surface area (Å²) in [4.78, 5) is 2.18. The molecule has 1 rings (SSSR count). The summed E-state index contributed by atoms with van der Waals surface area (Å²) < 4.78 is 0. The van der Waals surface area contributed by atoms with Crippen molar-refractivity contribution in [2.75, 3.05) is 14.1 Å². The van der Waals surface area contributed by atoms with E-state index in [1.165, 1.54) is 11.1 Å². The molecule has 3 nitrogen and oxygen atoms in total. The minimum atomic E-state index is -0.0865. The molecule has 24 heavy (non-hydrogen) atoms. The first-order valence-corrected chi connectivity index (χ1v) is 8.81. The zero-order valence-electron chi connectivity index (χ0n) is 16.7. The highest BCUT2D eigenvalue weighted by molar-refractivity contribution is 5.96. The summed E-state index contributed by atoms with van der Waals surface area (Å²) in [6.07, 6.45) is 4.97. The van der Waals surface area contributed by atoms with E-state index in [9.17, 15) is 0 Å². The number of benzene rings is 1. The van der Waals surface area contributed by atoms with Gasteiger partial charge in [0.15, 0.2) is 0 Å². The summed E-state index contributed by atoms with van der Waals surface area (Å²) in [7, 11) is 4.17. The van der Waals surface area contributed by atoms with E-state index in [1.54, 1.807) is 6.08 Å². The Balaban J connectivity index is 0.000000446. The lowest BCUT2D eigenvalue weighted by Crippen LogP contribution is -2.18. The van der Waals surface area contributed by atoms with Gasteiger partial charge < -0.3 is 16.0 Å². The molecule has 0 heterocycles. The van der Waals surface area contributed by atoms with E-state index in [-0.39, 0.29) is 5.41 Å². The Labute approximate surface area is 149 Å². The van der Waals surface area contributed by atoms with Gasteiger partial charge in [0, 0.05) is 23.4 Å². The van der Waals surface area contributed by atoms with E-state index in [1.807, 2.05) is 20.8 Å². The first kappa shape index (κ1) is 22.4. The van der Waals surface area contributed by atoms with E-state index in [0.29, 0.717) is 5.71 Å². The fraction of sp³-hybridized carbons (Fsp3) is 0.571. The fourth-order valence-corrected chi connectivity index (χ4v) is 2.03. The molecule has 0 spiro atoms. The van der Waals surface area contributed by atoms with Gasteiger partial charge in [0.2, 0.25) is 0 Å². The molecule has 1 aromatic rings. The first-order valence-electron chi connectivity index (χ1n) is 8.81. The molecular weight excluding hydrogens is 294 g/mol. The molecule has 0 aliphatic heterocycles. The van der Waals surface area contributed by atoms with Gasteiger partial charge in [-0.05, 0) is 45.5 Å². The number of nitrogens with zero attached hydrogens (tertiary/aromatic N) is 1. The highest BCUT2D eigenvalue weighted by Crippen LogP contribution is 2.16. The van der Waals surface area contributed by atoms with Gasteiger partial charge in [-0.3, -0.25) is 0 Å². The Morgan fingerprint density at radius 2 is 1.88 bits per heavy atom. The molecule has 0 saturated heterocycles. The zero-order chi connectivity index (χ0) is 18.8. The van der Waals surface area contributed by atoms with Gasteiger partial charge in [-0.15, -0.1) is 0 Å². The number of nitrogens with one attached hydrogen (secondary N) is 1. The molecule has 0 fully saturated rings. The molecule has 136 valence electrons. The second-order valence-corrected chi connectivity index (χ2v) is 7.71. The quantitative estimate of drug-likeness (QED) is 0.709. The standard InChI is InChI=1S/C11H22N2.C10H15N/c1-5-6-7-9(12)8-10(13)11(2,3)4;1-9-5-4-6-10(7-9)8-11(2)3/h8,13H,5-7,12H2,1-4H3;4-7H,8H2,1-3H3/b9-8+,13-10?;. The predicted molar refractivity (Wildman–Crippen MR) is 108 cm³/mol. The third kappa shape index (κ3) is 11.0. The fourth-order valence-electron chi connectivity index (χ4n) is 2.03. The molecule has 0 unspecified atom stereocenters. The van der Waals surface area contributed by atoms with E-state index in [0.717, 1.165) is 31.5 Å². The van der Waals surface area contributed by atoms with Crippen molar-refractivity contribution in [3.8, 4) is 0 Å². The van der Waals surface area contributed by atoms with Crippen molar-refractivity contribution < 1.29 is 0 Å². The van der Waals surface area contributed by atoms with Gasteiger partial charge in [-0.2, -0.15) is 0 Å². The van der Waals surface area contributed by atoms with Crippen LogP contribution in [0.1, 0.15) is 58.1 Å². The van der Waals surface area contributed by atoms with Crippen molar-refractivity contribution in [3.63, 3.8) is 0 Å². The van der Waals surface area contributed by atoms with Gasteiger partial charge in [-0.25, -0.2) is 0 Å². The van der Waals surface area contributed by atoms with Gasteiger partial charge in [0.05, 0.1) is 0 Å². The van der Waals surface area contributed by atoms with Crippen LogP contribution in [0.15, 0.2) is 36.0 Å².